The fourth-order valence-electron chi connectivity index (χ4n) is 4.50. The van der Waals surface area contributed by atoms with E-state index in [0.717, 1.165) is 34.1 Å². The van der Waals surface area contributed by atoms with Gasteiger partial charge in [0.2, 0.25) is 5.91 Å². The molecular formula is C30H38N4O3. The quantitative estimate of drug-likeness (QED) is 0.319. The number of carbonyl (C=O) groups excluding carboxylic acids is 2. The number of carbonyl (C=O) groups is 2. The average Bonchev–Trinajstić information content (AvgIpc) is 2.94. The fraction of sp³-hybridized carbons (Fsp3) is 0.367. The van der Waals surface area contributed by atoms with E-state index < -0.39 is 0 Å². The largest absolute Gasteiger partial charge is 0.380 e. The van der Waals surface area contributed by atoms with Crippen LogP contribution in [0.2, 0.25) is 0 Å². The molecule has 4 rings (SSSR count). The highest BCUT2D eigenvalue weighted by Crippen LogP contribution is 2.32. The van der Waals surface area contributed by atoms with Crippen molar-refractivity contribution >= 4 is 28.7 Å². The highest BCUT2D eigenvalue weighted by atomic mass is 16.5. The van der Waals surface area contributed by atoms with E-state index in [1.807, 2.05) is 43.4 Å². The van der Waals surface area contributed by atoms with Crippen LogP contribution in [0.15, 0.2) is 61.2 Å². The number of benzene rings is 2. The molecule has 0 aliphatic carbocycles. The number of nitrogens with zero attached hydrogens (tertiary/aromatic N) is 2. The van der Waals surface area contributed by atoms with Crippen LogP contribution in [0, 0.1) is 5.92 Å². The Morgan fingerprint density at radius 3 is 2.62 bits per heavy atom. The summed E-state index contributed by atoms with van der Waals surface area (Å²) in [6.45, 7) is 7.67. The lowest BCUT2D eigenvalue weighted by molar-refractivity contribution is -0.111. The topological polar surface area (TPSA) is 83.6 Å². The van der Waals surface area contributed by atoms with Gasteiger partial charge in [-0.15, -0.1) is 0 Å². The Morgan fingerprint density at radius 1 is 1.19 bits per heavy atom. The summed E-state index contributed by atoms with van der Waals surface area (Å²) in [4.78, 5) is 29.7. The average molecular weight is 503 g/mol. The maximum atomic E-state index is 11.9. The summed E-state index contributed by atoms with van der Waals surface area (Å²) >= 11 is 0. The van der Waals surface area contributed by atoms with Gasteiger partial charge in [0.1, 0.15) is 5.69 Å². The Kier molecular flexibility index (Phi) is 11.0. The van der Waals surface area contributed by atoms with Gasteiger partial charge in [-0.05, 0) is 88.6 Å². The number of hydrogen-bond donors (Lipinski definition) is 2. The van der Waals surface area contributed by atoms with E-state index in [1.54, 1.807) is 19.2 Å². The summed E-state index contributed by atoms with van der Waals surface area (Å²) < 4.78 is 5.25. The van der Waals surface area contributed by atoms with Crippen LogP contribution < -0.4 is 10.6 Å². The second kappa shape index (κ2) is 14.4. The number of piperidine rings is 1. The van der Waals surface area contributed by atoms with E-state index in [1.165, 1.54) is 45.0 Å². The minimum absolute atomic E-state index is 0.290. The summed E-state index contributed by atoms with van der Waals surface area (Å²) in [6, 6.07) is 15.0. The van der Waals surface area contributed by atoms with Gasteiger partial charge < -0.3 is 20.3 Å². The molecule has 0 spiro atoms. The molecule has 2 aromatic carbocycles. The normalized spacial score (nSPS) is 14.0. The lowest BCUT2D eigenvalue weighted by Crippen LogP contribution is -2.31. The number of hydrogen-bond acceptors (Lipinski definition) is 6. The number of ether oxygens (including phenoxy) is 1. The van der Waals surface area contributed by atoms with Crippen molar-refractivity contribution in [2.45, 2.75) is 25.9 Å². The Balaban J connectivity index is 0.000000289. The van der Waals surface area contributed by atoms with E-state index in [9.17, 15) is 9.59 Å². The van der Waals surface area contributed by atoms with E-state index in [-0.39, 0.29) is 5.91 Å². The molecule has 2 N–H and O–H groups in total. The van der Waals surface area contributed by atoms with Gasteiger partial charge in [0, 0.05) is 23.6 Å². The van der Waals surface area contributed by atoms with E-state index in [2.05, 4.69) is 34.1 Å². The maximum Gasteiger partial charge on any atom is 0.247 e. The number of aldehydes is 1. The number of likely N-dealkylation sites (tertiary alicyclic amines) is 1. The molecule has 0 unspecified atom stereocenters. The smallest absolute Gasteiger partial charge is 0.247 e. The summed E-state index contributed by atoms with van der Waals surface area (Å²) in [6.07, 6.45) is 6.12. The van der Waals surface area contributed by atoms with Gasteiger partial charge in [-0.3, -0.25) is 9.59 Å². The van der Waals surface area contributed by atoms with Crippen molar-refractivity contribution in [3.8, 4) is 11.3 Å². The van der Waals surface area contributed by atoms with Gasteiger partial charge in [-0.1, -0.05) is 36.9 Å². The van der Waals surface area contributed by atoms with Crippen molar-refractivity contribution in [1.29, 1.82) is 0 Å². The number of fused-ring (bicyclic) bond motifs is 1. The molecule has 1 amide bonds. The third-order valence-corrected chi connectivity index (χ3v) is 6.67. The highest BCUT2D eigenvalue weighted by molar-refractivity contribution is 6.07. The Bertz CT molecular complexity index is 1200. The van der Waals surface area contributed by atoms with Crippen molar-refractivity contribution in [3.63, 3.8) is 0 Å². The van der Waals surface area contributed by atoms with Crippen molar-refractivity contribution in [2.24, 2.45) is 5.92 Å². The first-order chi connectivity index (χ1) is 18.0. The van der Waals surface area contributed by atoms with Crippen LogP contribution in [0.1, 0.15) is 35.3 Å². The molecule has 1 saturated heterocycles. The summed E-state index contributed by atoms with van der Waals surface area (Å²) in [7, 11) is 5.86. The van der Waals surface area contributed by atoms with Crippen LogP contribution in [0.25, 0.3) is 22.0 Å². The van der Waals surface area contributed by atoms with Crippen molar-refractivity contribution < 1.29 is 14.3 Å². The molecule has 3 aromatic rings. The molecule has 7 nitrogen and oxygen atoms in total. The minimum Gasteiger partial charge on any atom is -0.380 e. The summed E-state index contributed by atoms with van der Waals surface area (Å²) in [5.74, 6) is 0.694. The molecule has 1 fully saturated rings. The van der Waals surface area contributed by atoms with Gasteiger partial charge in [0.15, 0.2) is 6.29 Å². The molecular weight excluding hydrogens is 464 g/mol. The molecule has 1 aromatic heterocycles. The van der Waals surface area contributed by atoms with Crippen LogP contribution >= 0.6 is 0 Å². The van der Waals surface area contributed by atoms with Gasteiger partial charge in [0.05, 0.1) is 18.0 Å². The van der Waals surface area contributed by atoms with Gasteiger partial charge in [-0.2, -0.15) is 0 Å². The van der Waals surface area contributed by atoms with E-state index in [4.69, 9.17) is 4.74 Å². The second-order valence-electron chi connectivity index (χ2n) is 9.37. The van der Waals surface area contributed by atoms with Crippen LogP contribution in [0.3, 0.4) is 0 Å². The first-order valence-electron chi connectivity index (χ1n) is 12.7. The van der Waals surface area contributed by atoms with Crippen molar-refractivity contribution in [2.75, 3.05) is 46.2 Å². The van der Waals surface area contributed by atoms with Crippen molar-refractivity contribution in [3.05, 3.63) is 72.4 Å². The zero-order valence-corrected chi connectivity index (χ0v) is 22.1. The predicted molar refractivity (Wildman–Crippen MR) is 151 cm³/mol. The lowest BCUT2D eigenvalue weighted by atomic mass is 9.94. The lowest BCUT2D eigenvalue weighted by Gasteiger charge is -2.28. The molecule has 0 atom stereocenters. The zero-order chi connectivity index (χ0) is 26.6. The zero-order valence-electron chi connectivity index (χ0n) is 22.1. The van der Waals surface area contributed by atoms with E-state index >= 15 is 0 Å². The van der Waals surface area contributed by atoms with Gasteiger partial charge >= 0.3 is 0 Å². The molecule has 0 saturated carbocycles. The third-order valence-electron chi connectivity index (χ3n) is 6.67. The molecule has 1 aliphatic rings. The van der Waals surface area contributed by atoms with Gasteiger partial charge in [0.25, 0.3) is 0 Å². The number of nitrogens with one attached hydrogen (secondary N) is 2. The molecule has 1 aliphatic heterocycles. The number of anilines is 1. The Hall–Kier alpha value is -3.39. The first kappa shape index (κ1) is 28.2. The maximum absolute atomic E-state index is 11.9. The second-order valence-corrected chi connectivity index (χ2v) is 9.37. The standard InChI is InChI=1S/C21H18N2O3.C9H20N2/c1-3-20(25)23-21-16(13-26-2)10-8-14-7-9-15(11-18(14)21)19-6-4-5-17(12-24)22-19;1-10-6-3-9-4-7-11(2)8-5-9/h3-12H,1,13H2,2H3,(H,23,25);9-10H,3-8H2,1-2H3. The third kappa shape index (κ3) is 8.05. The summed E-state index contributed by atoms with van der Waals surface area (Å²) in [5, 5.41) is 7.93. The summed E-state index contributed by atoms with van der Waals surface area (Å²) in [5.41, 5.74) is 3.46. The molecule has 2 heterocycles. The monoisotopic (exact) mass is 502 g/mol. The SMILES string of the molecule is C=CC(=O)Nc1c(COC)ccc2ccc(-c3cccc(C=O)n3)cc12.CNCCC1CCN(C)CC1. The number of pyridine rings is 1. The van der Waals surface area contributed by atoms with E-state index in [0.29, 0.717) is 23.7 Å². The Morgan fingerprint density at radius 2 is 1.95 bits per heavy atom. The first-order valence-corrected chi connectivity index (χ1v) is 12.7. The molecule has 7 heteroatoms. The van der Waals surface area contributed by atoms with Crippen LogP contribution in [0.4, 0.5) is 5.69 Å². The molecule has 196 valence electrons. The molecule has 0 radical (unpaired) electrons. The van der Waals surface area contributed by atoms with Crippen molar-refractivity contribution in [1.82, 2.24) is 15.2 Å². The predicted octanol–water partition coefficient (Wildman–Crippen LogP) is 4.92. The van der Waals surface area contributed by atoms with Crippen LogP contribution in [0.5, 0.6) is 0 Å². The molecule has 0 bridgehead atoms. The minimum atomic E-state index is -0.290. The fourth-order valence-corrected chi connectivity index (χ4v) is 4.50. The Labute approximate surface area is 219 Å². The van der Waals surface area contributed by atoms with Gasteiger partial charge in [-0.25, -0.2) is 4.98 Å². The van der Waals surface area contributed by atoms with Crippen LogP contribution in [-0.2, 0) is 16.1 Å². The number of rotatable bonds is 9. The number of aromatic nitrogens is 1. The number of methoxy groups -OCH3 is 1. The molecule has 37 heavy (non-hydrogen) atoms. The van der Waals surface area contributed by atoms with Crippen LogP contribution in [-0.4, -0.2) is 62.9 Å². The number of amides is 1. The highest BCUT2D eigenvalue weighted by Gasteiger charge is 2.15.